The summed E-state index contributed by atoms with van der Waals surface area (Å²) in [6.45, 7) is 8.08. The molecule has 4 rings (SSSR count). The fourth-order valence-electron chi connectivity index (χ4n) is 3.82. The van der Waals surface area contributed by atoms with E-state index in [1.165, 1.54) is 11.1 Å². The number of guanidine groups is 1. The van der Waals surface area contributed by atoms with Crippen molar-refractivity contribution in [1.29, 1.82) is 0 Å². The second kappa shape index (κ2) is 11.4. The van der Waals surface area contributed by atoms with Gasteiger partial charge in [0.1, 0.15) is 5.82 Å². The molecule has 2 heterocycles. The number of aryl methyl sites for hydroxylation is 1. The number of rotatable bonds is 7. The quantitative estimate of drug-likeness (QED) is 0.449. The second-order valence-corrected chi connectivity index (χ2v) is 8.30. The van der Waals surface area contributed by atoms with Crippen molar-refractivity contribution in [3.63, 3.8) is 0 Å². The smallest absolute Gasteiger partial charge is 0.194 e. The highest BCUT2D eigenvalue weighted by molar-refractivity contribution is 5.80. The molecule has 172 valence electrons. The first kappa shape index (κ1) is 22.7. The van der Waals surface area contributed by atoms with E-state index in [0.29, 0.717) is 13.1 Å². The third-order valence-electron chi connectivity index (χ3n) is 5.99. The number of hydrogen-bond acceptors (Lipinski definition) is 4. The van der Waals surface area contributed by atoms with E-state index in [-0.39, 0.29) is 0 Å². The molecule has 1 saturated heterocycles. The van der Waals surface area contributed by atoms with Gasteiger partial charge in [0.2, 0.25) is 0 Å². The lowest BCUT2D eigenvalue weighted by atomic mass is 10.2. The first-order valence-electron chi connectivity index (χ1n) is 11.5. The Morgan fingerprint density at radius 2 is 1.67 bits per heavy atom. The van der Waals surface area contributed by atoms with E-state index in [4.69, 9.17) is 4.99 Å². The van der Waals surface area contributed by atoms with Gasteiger partial charge in [0.15, 0.2) is 11.8 Å². The van der Waals surface area contributed by atoms with Crippen LogP contribution in [0.4, 0.5) is 0 Å². The van der Waals surface area contributed by atoms with Gasteiger partial charge in [-0.05, 0) is 18.1 Å². The minimum absolute atomic E-state index is 0.602. The molecule has 0 unspecified atom stereocenters. The molecule has 1 N–H and O–H groups in total. The number of nitrogens with zero attached hydrogens (tertiary/aromatic N) is 6. The zero-order valence-corrected chi connectivity index (χ0v) is 19.6. The Balaban J connectivity index is 1.35. The summed E-state index contributed by atoms with van der Waals surface area (Å²) in [5, 5.41) is 12.0. The molecule has 1 fully saturated rings. The highest BCUT2D eigenvalue weighted by atomic mass is 15.4. The minimum Gasteiger partial charge on any atom is -0.349 e. The van der Waals surface area contributed by atoms with E-state index in [1.807, 2.05) is 30.7 Å². The van der Waals surface area contributed by atoms with Gasteiger partial charge in [0, 0.05) is 39.8 Å². The summed E-state index contributed by atoms with van der Waals surface area (Å²) in [6.07, 6.45) is 4.45. The van der Waals surface area contributed by atoms with Crippen molar-refractivity contribution in [2.45, 2.75) is 20.0 Å². The Morgan fingerprint density at radius 3 is 2.33 bits per heavy atom. The normalized spacial score (nSPS) is 15.3. The van der Waals surface area contributed by atoms with Gasteiger partial charge in [-0.3, -0.25) is 4.90 Å². The molecule has 0 radical (unpaired) electrons. The molecule has 0 atom stereocenters. The molecule has 2 aromatic carbocycles. The maximum absolute atomic E-state index is 4.94. The predicted octanol–water partition coefficient (Wildman–Crippen LogP) is 3.10. The number of nitrogens with one attached hydrogen (secondary N) is 1. The maximum atomic E-state index is 4.94. The van der Waals surface area contributed by atoms with Crippen LogP contribution in [0.15, 0.2) is 71.7 Å². The average molecular weight is 444 g/mol. The summed E-state index contributed by atoms with van der Waals surface area (Å²) >= 11 is 0. The van der Waals surface area contributed by atoms with Gasteiger partial charge in [-0.2, -0.15) is 0 Å². The lowest BCUT2D eigenvalue weighted by molar-refractivity contribution is 0.194. The van der Waals surface area contributed by atoms with Crippen LogP contribution in [0.5, 0.6) is 0 Å². The van der Waals surface area contributed by atoms with Crippen molar-refractivity contribution >= 4 is 12.0 Å². The van der Waals surface area contributed by atoms with Crippen LogP contribution in [0.1, 0.15) is 22.8 Å². The molecule has 0 bridgehead atoms. The van der Waals surface area contributed by atoms with Crippen LogP contribution in [0.3, 0.4) is 0 Å². The molecule has 1 aliphatic rings. The van der Waals surface area contributed by atoms with Gasteiger partial charge in [-0.1, -0.05) is 72.8 Å². The van der Waals surface area contributed by atoms with E-state index in [9.17, 15) is 0 Å². The molecule has 7 heteroatoms. The average Bonchev–Trinajstić information content (AvgIpc) is 3.18. The molecule has 1 aliphatic heterocycles. The summed E-state index contributed by atoms with van der Waals surface area (Å²) in [5.74, 6) is 2.75. The van der Waals surface area contributed by atoms with Gasteiger partial charge in [-0.15, -0.1) is 10.2 Å². The van der Waals surface area contributed by atoms with Gasteiger partial charge >= 0.3 is 0 Å². The summed E-state index contributed by atoms with van der Waals surface area (Å²) in [7, 11) is 1.99. The zero-order valence-electron chi connectivity index (χ0n) is 19.6. The number of hydrogen-bond donors (Lipinski definition) is 1. The molecular weight excluding hydrogens is 410 g/mol. The fourth-order valence-corrected chi connectivity index (χ4v) is 3.82. The van der Waals surface area contributed by atoms with Crippen LogP contribution in [-0.2, 0) is 20.1 Å². The van der Waals surface area contributed by atoms with Gasteiger partial charge in [-0.25, -0.2) is 4.99 Å². The van der Waals surface area contributed by atoms with Crippen molar-refractivity contribution in [2.75, 3.05) is 32.7 Å². The summed E-state index contributed by atoms with van der Waals surface area (Å²) in [6, 6.07) is 20.8. The second-order valence-electron chi connectivity index (χ2n) is 8.30. The Bertz CT molecular complexity index is 1050. The molecule has 3 aromatic rings. The van der Waals surface area contributed by atoms with Crippen molar-refractivity contribution in [2.24, 2.45) is 12.0 Å². The Hall–Kier alpha value is -3.45. The van der Waals surface area contributed by atoms with Crippen molar-refractivity contribution < 1.29 is 0 Å². The van der Waals surface area contributed by atoms with E-state index in [0.717, 1.165) is 50.3 Å². The molecule has 0 saturated carbocycles. The van der Waals surface area contributed by atoms with E-state index in [1.54, 1.807) is 0 Å². The zero-order chi connectivity index (χ0) is 22.9. The van der Waals surface area contributed by atoms with Crippen LogP contribution in [-0.4, -0.2) is 63.2 Å². The Labute approximate surface area is 196 Å². The minimum atomic E-state index is 0.602. The van der Waals surface area contributed by atoms with Crippen molar-refractivity contribution in [3.05, 3.63) is 89.5 Å². The Morgan fingerprint density at radius 1 is 0.970 bits per heavy atom. The first-order chi connectivity index (χ1) is 16.2. The van der Waals surface area contributed by atoms with Crippen molar-refractivity contribution in [3.8, 4) is 0 Å². The van der Waals surface area contributed by atoms with Gasteiger partial charge in [0.25, 0.3) is 0 Å². The number of benzene rings is 2. The third kappa shape index (κ3) is 6.52. The molecule has 0 aliphatic carbocycles. The van der Waals surface area contributed by atoms with Crippen LogP contribution >= 0.6 is 0 Å². The SMILES string of the molecule is Cc1nnc(CNC(=NCc2ccccc2)N2CCN(C/C=C/c3ccccc3)CC2)n1C. The van der Waals surface area contributed by atoms with E-state index in [2.05, 4.69) is 86.0 Å². The molecular formula is C26H33N7. The summed E-state index contributed by atoms with van der Waals surface area (Å²) in [5.41, 5.74) is 2.45. The molecule has 0 amide bonds. The molecule has 1 aromatic heterocycles. The number of aliphatic imine (C=N–C) groups is 1. The van der Waals surface area contributed by atoms with E-state index >= 15 is 0 Å². The molecule has 33 heavy (non-hydrogen) atoms. The third-order valence-corrected chi connectivity index (χ3v) is 5.99. The predicted molar refractivity (Wildman–Crippen MR) is 134 cm³/mol. The number of aromatic nitrogens is 3. The fraction of sp³-hybridized carbons (Fsp3) is 0.346. The monoisotopic (exact) mass is 443 g/mol. The van der Waals surface area contributed by atoms with Crippen LogP contribution in [0, 0.1) is 6.92 Å². The summed E-state index contributed by atoms with van der Waals surface area (Å²) in [4.78, 5) is 9.77. The standard InChI is InChI=1S/C26H33N7/c1-22-29-30-25(31(22)2)21-28-26(27-20-24-12-7-4-8-13-24)33-18-16-32(17-19-33)15-9-14-23-10-5-3-6-11-23/h3-14H,15-21H2,1-2H3,(H,27,28)/b14-9+. The van der Waals surface area contributed by atoms with Crippen LogP contribution in [0.2, 0.25) is 0 Å². The van der Waals surface area contributed by atoms with Crippen LogP contribution < -0.4 is 5.32 Å². The molecule has 7 nitrogen and oxygen atoms in total. The van der Waals surface area contributed by atoms with Gasteiger partial charge < -0.3 is 14.8 Å². The highest BCUT2D eigenvalue weighted by Gasteiger charge is 2.19. The van der Waals surface area contributed by atoms with Gasteiger partial charge in [0.05, 0.1) is 13.1 Å². The first-order valence-corrected chi connectivity index (χ1v) is 11.5. The van der Waals surface area contributed by atoms with Crippen molar-refractivity contribution in [1.82, 2.24) is 29.9 Å². The molecule has 0 spiro atoms. The largest absolute Gasteiger partial charge is 0.349 e. The number of piperazine rings is 1. The summed E-state index contributed by atoms with van der Waals surface area (Å²) < 4.78 is 2.01. The topological polar surface area (TPSA) is 61.6 Å². The Kier molecular flexibility index (Phi) is 7.87. The lowest BCUT2D eigenvalue weighted by Gasteiger charge is -2.36. The highest BCUT2D eigenvalue weighted by Crippen LogP contribution is 2.07. The maximum Gasteiger partial charge on any atom is 0.194 e. The lowest BCUT2D eigenvalue weighted by Crippen LogP contribution is -2.52. The van der Waals surface area contributed by atoms with E-state index < -0.39 is 0 Å². The van der Waals surface area contributed by atoms with Crippen LogP contribution in [0.25, 0.3) is 6.08 Å².